The lowest BCUT2D eigenvalue weighted by Gasteiger charge is -2.39. The summed E-state index contributed by atoms with van der Waals surface area (Å²) in [5, 5.41) is 9.45. The number of piperidine rings is 1. The van der Waals surface area contributed by atoms with E-state index in [9.17, 15) is 5.26 Å². The lowest BCUT2D eigenvalue weighted by Crippen LogP contribution is -2.41. The SMILES string of the molecule is COc1ccc(-c2ccc(C(C)(C)C#N)cc2)cc1C1CCN(C2CCC3CCC(C3)C2)CC1. The van der Waals surface area contributed by atoms with Crippen molar-refractivity contribution in [1.82, 2.24) is 4.90 Å². The molecule has 1 aliphatic heterocycles. The summed E-state index contributed by atoms with van der Waals surface area (Å²) in [7, 11) is 1.80. The standard InChI is InChI=1S/C31H40N2O/c1-31(2,21-32)27-10-7-24(8-11-27)26-9-13-30(34-3)29(20-26)25-14-16-33(17-15-25)28-12-6-22-4-5-23(18-22)19-28/h7-11,13,20,22-23,25,28H,4-6,12,14-19H2,1-3H3. The first-order valence-corrected chi connectivity index (χ1v) is 13.4. The Labute approximate surface area is 206 Å². The second-order valence-corrected chi connectivity index (χ2v) is 11.6. The summed E-state index contributed by atoms with van der Waals surface area (Å²) < 4.78 is 5.81. The highest BCUT2D eigenvalue weighted by atomic mass is 16.5. The van der Waals surface area contributed by atoms with Crippen LogP contribution in [0.2, 0.25) is 0 Å². The van der Waals surface area contributed by atoms with Crippen LogP contribution in [0.4, 0.5) is 0 Å². The fourth-order valence-corrected chi connectivity index (χ4v) is 6.87. The normalized spacial score (nSPS) is 26.1. The fourth-order valence-electron chi connectivity index (χ4n) is 6.87. The zero-order valence-electron chi connectivity index (χ0n) is 21.2. The van der Waals surface area contributed by atoms with Crippen LogP contribution in [-0.2, 0) is 5.41 Å². The Hall–Kier alpha value is -2.31. The fraction of sp³-hybridized carbons (Fsp3) is 0.581. The van der Waals surface area contributed by atoms with Gasteiger partial charge in [-0.2, -0.15) is 5.26 Å². The van der Waals surface area contributed by atoms with Crippen molar-refractivity contribution in [2.24, 2.45) is 11.8 Å². The van der Waals surface area contributed by atoms with E-state index >= 15 is 0 Å². The van der Waals surface area contributed by atoms with Gasteiger partial charge in [-0.15, -0.1) is 0 Å². The molecule has 3 unspecified atom stereocenters. The van der Waals surface area contributed by atoms with Crippen LogP contribution in [0.25, 0.3) is 11.1 Å². The maximum atomic E-state index is 9.45. The van der Waals surface area contributed by atoms with E-state index in [2.05, 4.69) is 53.4 Å². The summed E-state index contributed by atoms with van der Waals surface area (Å²) >= 11 is 0. The zero-order valence-corrected chi connectivity index (χ0v) is 21.2. The molecule has 0 spiro atoms. The van der Waals surface area contributed by atoms with Gasteiger partial charge in [0.1, 0.15) is 5.75 Å². The van der Waals surface area contributed by atoms with Gasteiger partial charge in [-0.25, -0.2) is 0 Å². The Kier molecular flexibility index (Phi) is 6.72. The number of methoxy groups -OCH3 is 1. The Morgan fingerprint density at radius 2 is 1.53 bits per heavy atom. The van der Waals surface area contributed by atoms with Gasteiger partial charge < -0.3 is 9.64 Å². The predicted molar refractivity (Wildman–Crippen MR) is 139 cm³/mol. The quantitative estimate of drug-likeness (QED) is 0.473. The maximum absolute atomic E-state index is 9.45. The maximum Gasteiger partial charge on any atom is 0.122 e. The number of hydrogen-bond donors (Lipinski definition) is 0. The minimum absolute atomic E-state index is 0.464. The molecule has 3 atom stereocenters. The van der Waals surface area contributed by atoms with Gasteiger partial charge in [-0.3, -0.25) is 0 Å². The molecule has 3 nitrogen and oxygen atoms in total. The summed E-state index contributed by atoms with van der Waals surface area (Å²) in [5.41, 5.74) is 4.40. The molecule has 1 heterocycles. The van der Waals surface area contributed by atoms with E-state index in [0.717, 1.165) is 29.2 Å². The molecule has 2 aromatic carbocycles. The van der Waals surface area contributed by atoms with E-state index in [-0.39, 0.29) is 0 Å². The lowest BCUT2D eigenvalue weighted by atomic mass is 9.84. The Bertz CT molecular complexity index is 1030. The number of benzene rings is 2. The Balaban J connectivity index is 1.29. The molecule has 0 aromatic heterocycles. The number of nitriles is 1. The van der Waals surface area contributed by atoms with E-state index in [1.165, 1.54) is 81.1 Å². The van der Waals surface area contributed by atoms with Crippen molar-refractivity contribution in [2.75, 3.05) is 20.2 Å². The van der Waals surface area contributed by atoms with Gasteiger partial charge in [0.25, 0.3) is 0 Å². The Morgan fingerprint density at radius 3 is 2.24 bits per heavy atom. The van der Waals surface area contributed by atoms with Crippen LogP contribution < -0.4 is 4.74 Å². The molecule has 2 saturated carbocycles. The van der Waals surface area contributed by atoms with Crippen molar-refractivity contribution in [1.29, 1.82) is 5.26 Å². The van der Waals surface area contributed by atoms with Crippen molar-refractivity contribution < 1.29 is 4.74 Å². The monoisotopic (exact) mass is 456 g/mol. The van der Waals surface area contributed by atoms with Crippen LogP contribution in [0.15, 0.2) is 42.5 Å². The van der Waals surface area contributed by atoms with Gasteiger partial charge in [0, 0.05) is 6.04 Å². The number of fused-ring (bicyclic) bond motifs is 2. The third kappa shape index (κ3) is 4.76. The summed E-state index contributed by atoms with van der Waals surface area (Å²) in [6.07, 6.45) is 11.2. The zero-order chi connectivity index (χ0) is 23.7. The first-order chi connectivity index (χ1) is 16.5. The molecule has 5 rings (SSSR count). The molecular weight excluding hydrogens is 416 g/mol. The van der Waals surface area contributed by atoms with Gasteiger partial charge in [-0.05, 0) is 118 Å². The highest BCUT2D eigenvalue weighted by Gasteiger charge is 2.35. The molecule has 0 amide bonds. The highest BCUT2D eigenvalue weighted by molar-refractivity contribution is 5.66. The molecule has 3 fully saturated rings. The average Bonchev–Trinajstić information content (AvgIpc) is 3.22. The number of nitrogens with zero attached hydrogens (tertiary/aromatic N) is 2. The van der Waals surface area contributed by atoms with Crippen molar-refractivity contribution in [2.45, 2.75) is 82.6 Å². The molecular formula is C31H40N2O. The minimum atomic E-state index is -0.464. The van der Waals surface area contributed by atoms with Gasteiger partial charge in [-0.1, -0.05) is 43.2 Å². The van der Waals surface area contributed by atoms with Gasteiger partial charge in [0.2, 0.25) is 0 Å². The molecule has 3 heteroatoms. The second kappa shape index (κ2) is 9.74. The predicted octanol–water partition coefficient (Wildman–Crippen LogP) is 7.31. The van der Waals surface area contributed by atoms with E-state index < -0.39 is 5.41 Å². The first-order valence-electron chi connectivity index (χ1n) is 13.4. The molecule has 1 saturated heterocycles. The molecule has 0 N–H and O–H groups in total. The number of ether oxygens (including phenoxy) is 1. The van der Waals surface area contributed by atoms with Crippen LogP contribution >= 0.6 is 0 Å². The molecule has 2 aromatic rings. The molecule has 180 valence electrons. The molecule has 34 heavy (non-hydrogen) atoms. The summed E-state index contributed by atoms with van der Waals surface area (Å²) in [4.78, 5) is 2.82. The van der Waals surface area contributed by atoms with Gasteiger partial charge >= 0.3 is 0 Å². The van der Waals surface area contributed by atoms with E-state index in [1.807, 2.05) is 13.8 Å². The van der Waals surface area contributed by atoms with E-state index in [1.54, 1.807) is 7.11 Å². The molecule has 2 bridgehead atoms. The minimum Gasteiger partial charge on any atom is -0.496 e. The molecule has 3 aliphatic rings. The number of rotatable bonds is 5. The first kappa shape index (κ1) is 23.4. The largest absolute Gasteiger partial charge is 0.496 e. The average molecular weight is 457 g/mol. The van der Waals surface area contributed by atoms with E-state index in [4.69, 9.17) is 4.74 Å². The van der Waals surface area contributed by atoms with Crippen LogP contribution in [0, 0.1) is 23.2 Å². The molecule has 0 radical (unpaired) electrons. The summed E-state index contributed by atoms with van der Waals surface area (Å²) in [6.45, 7) is 6.38. The highest BCUT2D eigenvalue weighted by Crippen LogP contribution is 2.43. The van der Waals surface area contributed by atoms with Crippen LogP contribution in [-0.4, -0.2) is 31.1 Å². The lowest BCUT2D eigenvalue weighted by molar-refractivity contribution is 0.125. The summed E-state index contributed by atoms with van der Waals surface area (Å²) in [6, 6.07) is 18.4. The van der Waals surface area contributed by atoms with Gasteiger partial charge in [0.15, 0.2) is 0 Å². The third-order valence-corrected chi connectivity index (χ3v) is 9.10. The summed E-state index contributed by atoms with van der Waals surface area (Å²) in [5.74, 6) is 3.61. The molecule has 2 aliphatic carbocycles. The second-order valence-electron chi connectivity index (χ2n) is 11.6. The van der Waals surface area contributed by atoms with Crippen LogP contribution in [0.5, 0.6) is 5.75 Å². The van der Waals surface area contributed by atoms with E-state index in [0.29, 0.717) is 5.92 Å². The van der Waals surface area contributed by atoms with Crippen molar-refractivity contribution in [3.8, 4) is 22.9 Å². The topological polar surface area (TPSA) is 36.3 Å². The number of likely N-dealkylation sites (tertiary alicyclic amines) is 1. The van der Waals surface area contributed by atoms with Crippen molar-refractivity contribution >= 4 is 0 Å². The Morgan fingerprint density at radius 1 is 0.853 bits per heavy atom. The third-order valence-electron chi connectivity index (χ3n) is 9.10. The van der Waals surface area contributed by atoms with Crippen LogP contribution in [0.1, 0.15) is 82.3 Å². The smallest absolute Gasteiger partial charge is 0.122 e. The van der Waals surface area contributed by atoms with Gasteiger partial charge in [0.05, 0.1) is 18.6 Å². The van der Waals surface area contributed by atoms with Crippen molar-refractivity contribution in [3.05, 3.63) is 53.6 Å². The van der Waals surface area contributed by atoms with Crippen LogP contribution in [0.3, 0.4) is 0 Å². The van der Waals surface area contributed by atoms with Crippen molar-refractivity contribution in [3.63, 3.8) is 0 Å². The number of hydrogen-bond acceptors (Lipinski definition) is 3.